The Kier molecular flexibility index (Phi) is 3.42. The number of fused-ring (bicyclic) bond motifs is 1. The van der Waals surface area contributed by atoms with Crippen LogP contribution in [-0.4, -0.2) is 5.91 Å². The molecule has 3 heteroatoms. The normalized spacial score (nSPS) is 16.9. The van der Waals surface area contributed by atoms with Crippen molar-refractivity contribution in [2.24, 2.45) is 0 Å². The molecule has 3 nitrogen and oxygen atoms in total. The number of benzene rings is 2. The van der Waals surface area contributed by atoms with Gasteiger partial charge in [0.25, 0.3) is 0 Å². The quantitative estimate of drug-likeness (QED) is 0.869. The highest BCUT2D eigenvalue weighted by atomic mass is 16.1. The second kappa shape index (κ2) is 5.37. The molecule has 102 valence electrons. The Morgan fingerprint density at radius 2 is 1.90 bits per heavy atom. The van der Waals surface area contributed by atoms with Crippen LogP contribution in [0.5, 0.6) is 0 Å². The molecule has 0 spiro atoms. The number of para-hydroxylation sites is 1. The summed E-state index contributed by atoms with van der Waals surface area (Å²) < 4.78 is 0. The van der Waals surface area contributed by atoms with Gasteiger partial charge in [0, 0.05) is 18.3 Å². The average molecular weight is 266 g/mol. The summed E-state index contributed by atoms with van der Waals surface area (Å²) in [5, 5.41) is 6.38. The molecule has 20 heavy (non-hydrogen) atoms. The number of hydrogen-bond acceptors (Lipinski definition) is 2. The van der Waals surface area contributed by atoms with Crippen molar-refractivity contribution >= 4 is 17.3 Å². The maximum absolute atomic E-state index is 11.0. The van der Waals surface area contributed by atoms with Crippen molar-refractivity contribution in [3.8, 4) is 0 Å². The van der Waals surface area contributed by atoms with Crippen LogP contribution in [0.2, 0.25) is 0 Å². The van der Waals surface area contributed by atoms with E-state index in [-0.39, 0.29) is 5.91 Å². The van der Waals surface area contributed by atoms with Crippen molar-refractivity contribution in [3.63, 3.8) is 0 Å². The lowest BCUT2D eigenvalue weighted by atomic mass is 9.93. The Hall–Kier alpha value is -2.29. The predicted molar refractivity (Wildman–Crippen MR) is 81.9 cm³/mol. The average Bonchev–Trinajstić information content (AvgIpc) is 2.47. The molecule has 0 bridgehead atoms. The van der Waals surface area contributed by atoms with E-state index in [2.05, 4.69) is 47.0 Å². The first-order valence-corrected chi connectivity index (χ1v) is 6.94. The van der Waals surface area contributed by atoms with Gasteiger partial charge in [0.1, 0.15) is 0 Å². The smallest absolute Gasteiger partial charge is 0.221 e. The predicted octanol–water partition coefficient (Wildman–Crippen LogP) is 3.74. The SMILES string of the molecule is CC(=O)Nc1ccc(C2CCc3ccccc3N2)cc1. The molecule has 1 atom stereocenters. The van der Waals surface area contributed by atoms with Crippen molar-refractivity contribution in [2.45, 2.75) is 25.8 Å². The van der Waals surface area contributed by atoms with Crippen LogP contribution in [0.25, 0.3) is 0 Å². The van der Waals surface area contributed by atoms with Crippen LogP contribution in [0.4, 0.5) is 11.4 Å². The maximum atomic E-state index is 11.0. The third-order valence-corrected chi connectivity index (χ3v) is 3.68. The molecule has 1 aliphatic heterocycles. The minimum absolute atomic E-state index is 0.0394. The molecular formula is C17H18N2O. The number of aryl methyl sites for hydroxylation is 1. The van der Waals surface area contributed by atoms with Crippen molar-refractivity contribution in [1.82, 2.24) is 0 Å². The fraction of sp³-hybridized carbons (Fsp3) is 0.235. The van der Waals surface area contributed by atoms with E-state index in [1.54, 1.807) is 0 Å². The minimum atomic E-state index is -0.0394. The van der Waals surface area contributed by atoms with E-state index < -0.39 is 0 Å². The number of hydrogen-bond donors (Lipinski definition) is 2. The first-order chi connectivity index (χ1) is 9.72. The number of carbonyl (C=O) groups excluding carboxylic acids is 1. The molecule has 2 aromatic rings. The Balaban J connectivity index is 1.76. The molecule has 2 aromatic carbocycles. The lowest BCUT2D eigenvalue weighted by Crippen LogP contribution is -2.17. The molecule has 1 aliphatic rings. The summed E-state index contributed by atoms with van der Waals surface area (Å²) in [5.41, 5.74) is 4.72. The van der Waals surface area contributed by atoms with E-state index >= 15 is 0 Å². The van der Waals surface area contributed by atoms with Gasteiger partial charge in [0.05, 0.1) is 6.04 Å². The molecule has 1 unspecified atom stereocenters. The fourth-order valence-electron chi connectivity index (χ4n) is 2.69. The van der Waals surface area contributed by atoms with Gasteiger partial charge < -0.3 is 10.6 Å². The Bertz CT molecular complexity index is 619. The Morgan fingerprint density at radius 1 is 1.15 bits per heavy atom. The number of anilines is 2. The zero-order valence-corrected chi connectivity index (χ0v) is 11.5. The van der Waals surface area contributed by atoms with Gasteiger partial charge in [0.2, 0.25) is 5.91 Å². The monoisotopic (exact) mass is 266 g/mol. The molecule has 0 fully saturated rings. The molecule has 0 aliphatic carbocycles. The van der Waals surface area contributed by atoms with Gasteiger partial charge in [-0.2, -0.15) is 0 Å². The third kappa shape index (κ3) is 2.67. The molecular weight excluding hydrogens is 248 g/mol. The lowest BCUT2D eigenvalue weighted by Gasteiger charge is -2.27. The van der Waals surface area contributed by atoms with Crippen molar-refractivity contribution in [1.29, 1.82) is 0 Å². The minimum Gasteiger partial charge on any atom is -0.378 e. The summed E-state index contributed by atoms with van der Waals surface area (Å²) in [6, 6.07) is 16.9. The molecule has 0 saturated heterocycles. The summed E-state index contributed by atoms with van der Waals surface area (Å²) in [5.74, 6) is -0.0394. The molecule has 2 N–H and O–H groups in total. The van der Waals surface area contributed by atoms with Crippen LogP contribution in [0.1, 0.15) is 30.5 Å². The zero-order chi connectivity index (χ0) is 13.9. The van der Waals surface area contributed by atoms with Crippen LogP contribution >= 0.6 is 0 Å². The van der Waals surface area contributed by atoms with Gasteiger partial charge in [-0.25, -0.2) is 0 Å². The first-order valence-electron chi connectivity index (χ1n) is 6.94. The van der Waals surface area contributed by atoms with Crippen LogP contribution in [0.3, 0.4) is 0 Å². The van der Waals surface area contributed by atoms with E-state index in [9.17, 15) is 4.79 Å². The van der Waals surface area contributed by atoms with E-state index in [4.69, 9.17) is 0 Å². The summed E-state index contributed by atoms with van der Waals surface area (Å²) in [7, 11) is 0. The van der Waals surface area contributed by atoms with Gasteiger partial charge in [-0.3, -0.25) is 4.79 Å². The van der Waals surface area contributed by atoms with Crippen LogP contribution in [-0.2, 0) is 11.2 Å². The Morgan fingerprint density at radius 3 is 2.65 bits per heavy atom. The van der Waals surface area contributed by atoms with Crippen molar-refractivity contribution in [2.75, 3.05) is 10.6 Å². The fourth-order valence-corrected chi connectivity index (χ4v) is 2.69. The van der Waals surface area contributed by atoms with E-state index in [0.717, 1.165) is 18.5 Å². The van der Waals surface area contributed by atoms with Gasteiger partial charge in [-0.1, -0.05) is 30.3 Å². The number of amides is 1. The van der Waals surface area contributed by atoms with Crippen molar-refractivity contribution < 1.29 is 4.79 Å². The van der Waals surface area contributed by atoms with Crippen LogP contribution in [0.15, 0.2) is 48.5 Å². The molecule has 0 aromatic heterocycles. The summed E-state index contributed by atoms with van der Waals surface area (Å²) in [6.45, 7) is 1.52. The van der Waals surface area contributed by atoms with Gasteiger partial charge >= 0.3 is 0 Å². The maximum Gasteiger partial charge on any atom is 0.221 e. The first kappa shape index (κ1) is 12.7. The Labute approximate surface area is 119 Å². The highest BCUT2D eigenvalue weighted by molar-refractivity contribution is 5.88. The third-order valence-electron chi connectivity index (χ3n) is 3.68. The molecule has 1 heterocycles. The van der Waals surface area contributed by atoms with Gasteiger partial charge in [-0.05, 0) is 42.2 Å². The molecule has 0 radical (unpaired) electrons. The van der Waals surface area contributed by atoms with E-state index in [1.165, 1.54) is 23.7 Å². The highest BCUT2D eigenvalue weighted by Gasteiger charge is 2.18. The van der Waals surface area contributed by atoms with E-state index in [0.29, 0.717) is 6.04 Å². The second-order valence-corrected chi connectivity index (χ2v) is 5.20. The van der Waals surface area contributed by atoms with Gasteiger partial charge in [-0.15, -0.1) is 0 Å². The lowest BCUT2D eigenvalue weighted by molar-refractivity contribution is -0.114. The summed E-state index contributed by atoms with van der Waals surface area (Å²) in [4.78, 5) is 11.0. The number of nitrogens with one attached hydrogen (secondary N) is 2. The zero-order valence-electron chi connectivity index (χ0n) is 11.5. The standard InChI is InChI=1S/C17H18N2O/c1-12(20)18-15-9-6-14(7-10-15)17-11-8-13-4-2-3-5-16(13)19-17/h2-7,9-10,17,19H,8,11H2,1H3,(H,18,20). The van der Waals surface area contributed by atoms with Crippen molar-refractivity contribution in [3.05, 3.63) is 59.7 Å². The highest BCUT2D eigenvalue weighted by Crippen LogP contribution is 2.32. The van der Waals surface area contributed by atoms with E-state index in [1.807, 2.05) is 12.1 Å². The molecule has 1 amide bonds. The number of rotatable bonds is 2. The molecule has 0 saturated carbocycles. The molecule has 3 rings (SSSR count). The second-order valence-electron chi connectivity index (χ2n) is 5.20. The topological polar surface area (TPSA) is 41.1 Å². The largest absolute Gasteiger partial charge is 0.378 e. The summed E-state index contributed by atoms with van der Waals surface area (Å²) >= 11 is 0. The van der Waals surface area contributed by atoms with Gasteiger partial charge in [0.15, 0.2) is 0 Å². The van der Waals surface area contributed by atoms with Crippen LogP contribution in [0, 0.1) is 0 Å². The van der Waals surface area contributed by atoms with Crippen LogP contribution < -0.4 is 10.6 Å². The number of carbonyl (C=O) groups is 1. The summed E-state index contributed by atoms with van der Waals surface area (Å²) in [6.07, 6.45) is 2.19.